The van der Waals surface area contributed by atoms with E-state index in [1.54, 1.807) is 24.3 Å². The number of imide groups is 1. The largest absolute Gasteiger partial charge is 0.494 e. The van der Waals surface area contributed by atoms with Crippen molar-refractivity contribution in [1.29, 1.82) is 0 Å². The Labute approximate surface area is 142 Å². The SMILES string of the molecule is Bc1cc(C)cc(OCCCCN2C(=O)c3ccccc3C2=O)c1. The molecule has 0 unspecified atom stereocenters. The topological polar surface area (TPSA) is 46.6 Å². The Morgan fingerprint density at radius 1 is 1.00 bits per heavy atom. The fourth-order valence-corrected chi connectivity index (χ4v) is 3.02. The lowest BCUT2D eigenvalue weighted by Gasteiger charge is -2.14. The summed E-state index contributed by atoms with van der Waals surface area (Å²) in [6.45, 7) is 3.05. The van der Waals surface area contributed by atoms with Gasteiger partial charge < -0.3 is 4.74 Å². The van der Waals surface area contributed by atoms with Crippen molar-refractivity contribution >= 4 is 25.1 Å². The summed E-state index contributed by atoms with van der Waals surface area (Å²) >= 11 is 0. The molecule has 5 heteroatoms. The first-order valence-corrected chi connectivity index (χ1v) is 8.22. The third kappa shape index (κ3) is 3.35. The molecule has 0 saturated heterocycles. The number of amides is 2. The predicted octanol–water partition coefficient (Wildman–Crippen LogP) is 1.71. The monoisotopic (exact) mass is 321 g/mol. The summed E-state index contributed by atoms with van der Waals surface area (Å²) in [4.78, 5) is 25.8. The second-order valence-corrected chi connectivity index (χ2v) is 6.19. The zero-order valence-electron chi connectivity index (χ0n) is 14.0. The first-order chi connectivity index (χ1) is 11.6. The molecule has 0 atom stereocenters. The molecule has 1 aliphatic rings. The van der Waals surface area contributed by atoms with E-state index in [1.807, 2.05) is 26.9 Å². The summed E-state index contributed by atoms with van der Waals surface area (Å²) < 4.78 is 5.76. The van der Waals surface area contributed by atoms with Crippen molar-refractivity contribution in [3.8, 4) is 5.75 Å². The number of nitrogens with zero attached hydrogens (tertiary/aromatic N) is 1. The van der Waals surface area contributed by atoms with Gasteiger partial charge in [-0.05, 0) is 49.6 Å². The van der Waals surface area contributed by atoms with Gasteiger partial charge in [0.2, 0.25) is 0 Å². The number of rotatable bonds is 6. The smallest absolute Gasteiger partial charge is 0.261 e. The number of fused-ring (bicyclic) bond motifs is 1. The molecular formula is C19H20BNO3. The highest BCUT2D eigenvalue weighted by molar-refractivity contribution is 6.32. The fraction of sp³-hybridized carbons (Fsp3) is 0.263. The molecule has 0 aliphatic carbocycles. The standard InChI is InChI=1S/C19H20BNO3/c1-13-10-14(20)12-15(11-13)24-9-5-4-8-21-18(22)16-6-2-3-7-17(16)19(21)23/h2-3,6-7,10-12H,4-5,8-9,20H2,1H3. The van der Waals surface area contributed by atoms with E-state index < -0.39 is 0 Å². The highest BCUT2D eigenvalue weighted by atomic mass is 16.5. The molecule has 0 aromatic heterocycles. The molecule has 2 aromatic carbocycles. The summed E-state index contributed by atoms with van der Waals surface area (Å²) in [5, 5.41) is 0. The van der Waals surface area contributed by atoms with Crippen LogP contribution in [0.3, 0.4) is 0 Å². The second-order valence-electron chi connectivity index (χ2n) is 6.19. The van der Waals surface area contributed by atoms with E-state index in [0.717, 1.165) is 18.6 Å². The lowest BCUT2D eigenvalue weighted by atomic mass is 9.94. The molecule has 2 amide bonds. The average molecular weight is 321 g/mol. The third-order valence-corrected chi connectivity index (χ3v) is 4.12. The second kappa shape index (κ2) is 6.91. The van der Waals surface area contributed by atoms with Crippen LogP contribution in [0.1, 0.15) is 39.1 Å². The van der Waals surface area contributed by atoms with E-state index >= 15 is 0 Å². The van der Waals surface area contributed by atoms with Crippen LogP contribution >= 0.6 is 0 Å². The zero-order valence-corrected chi connectivity index (χ0v) is 14.0. The first-order valence-electron chi connectivity index (χ1n) is 8.22. The van der Waals surface area contributed by atoms with Crippen molar-refractivity contribution in [1.82, 2.24) is 4.90 Å². The van der Waals surface area contributed by atoms with E-state index in [-0.39, 0.29) is 11.8 Å². The van der Waals surface area contributed by atoms with Gasteiger partial charge in [0.1, 0.15) is 13.6 Å². The van der Waals surface area contributed by atoms with Gasteiger partial charge in [-0.25, -0.2) is 0 Å². The van der Waals surface area contributed by atoms with E-state index in [1.165, 1.54) is 15.9 Å². The van der Waals surface area contributed by atoms with E-state index in [4.69, 9.17) is 4.74 Å². The Hall–Kier alpha value is -2.56. The van der Waals surface area contributed by atoms with E-state index in [2.05, 4.69) is 6.07 Å². The van der Waals surface area contributed by atoms with Crippen LogP contribution in [0.2, 0.25) is 0 Å². The van der Waals surface area contributed by atoms with Gasteiger partial charge in [-0.2, -0.15) is 0 Å². The van der Waals surface area contributed by atoms with Gasteiger partial charge in [0.15, 0.2) is 0 Å². The lowest BCUT2D eigenvalue weighted by molar-refractivity contribution is 0.0649. The van der Waals surface area contributed by atoms with Crippen molar-refractivity contribution in [3.63, 3.8) is 0 Å². The van der Waals surface area contributed by atoms with Crippen LogP contribution < -0.4 is 10.2 Å². The average Bonchev–Trinajstić information content (AvgIpc) is 2.79. The van der Waals surface area contributed by atoms with E-state index in [0.29, 0.717) is 24.3 Å². The Morgan fingerprint density at radius 2 is 1.67 bits per heavy atom. The molecule has 122 valence electrons. The Balaban J connectivity index is 1.48. The van der Waals surface area contributed by atoms with Crippen LogP contribution in [-0.2, 0) is 0 Å². The predicted molar refractivity (Wildman–Crippen MR) is 95.9 cm³/mol. The summed E-state index contributed by atoms with van der Waals surface area (Å²) in [6, 6.07) is 13.1. The summed E-state index contributed by atoms with van der Waals surface area (Å²) in [7, 11) is 2.04. The first kappa shape index (κ1) is 16.3. The Bertz CT molecular complexity index is 733. The van der Waals surface area contributed by atoms with Crippen molar-refractivity contribution in [3.05, 3.63) is 59.2 Å². The quantitative estimate of drug-likeness (QED) is 0.462. The van der Waals surface area contributed by atoms with Crippen LogP contribution in [0.25, 0.3) is 0 Å². The van der Waals surface area contributed by atoms with Crippen LogP contribution in [0.5, 0.6) is 5.75 Å². The van der Waals surface area contributed by atoms with Gasteiger partial charge in [0, 0.05) is 6.54 Å². The molecule has 0 spiro atoms. The van der Waals surface area contributed by atoms with E-state index in [9.17, 15) is 9.59 Å². The van der Waals surface area contributed by atoms with Crippen LogP contribution in [-0.4, -0.2) is 37.7 Å². The Kier molecular flexibility index (Phi) is 4.70. The van der Waals surface area contributed by atoms with Crippen LogP contribution in [0, 0.1) is 6.92 Å². The fourth-order valence-electron chi connectivity index (χ4n) is 3.02. The minimum Gasteiger partial charge on any atom is -0.494 e. The molecule has 24 heavy (non-hydrogen) atoms. The van der Waals surface area contributed by atoms with Gasteiger partial charge in [0.25, 0.3) is 11.8 Å². The zero-order chi connectivity index (χ0) is 17.1. The maximum absolute atomic E-state index is 12.2. The van der Waals surface area contributed by atoms with Crippen molar-refractivity contribution < 1.29 is 14.3 Å². The van der Waals surface area contributed by atoms with Crippen molar-refractivity contribution in [2.24, 2.45) is 0 Å². The maximum Gasteiger partial charge on any atom is 0.261 e. The number of aryl methyl sites for hydroxylation is 1. The minimum atomic E-state index is -0.189. The number of unbranched alkanes of at least 4 members (excludes halogenated alkanes) is 1. The lowest BCUT2D eigenvalue weighted by Crippen LogP contribution is -2.30. The van der Waals surface area contributed by atoms with Gasteiger partial charge in [-0.3, -0.25) is 14.5 Å². The number of benzene rings is 2. The number of carbonyl (C=O) groups is 2. The van der Waals surface area contributed by atoms with Crippen molar-refractivity contribution in [2.45, 2.75) is 19.8 Å². The highest BCUT2D eigenvalue weighted by Crippen LogP contribution is 2.22. The summed E-state index contributed by atoms with van der Waals surface area (Å²) in [5.41, 5.74) is 3.37. The maximum atomic E-state index is 12.2. The number of hydrogen-bond acceptors (Lipinski definition) is 3. The van der Waals surface area contributed by atoms with Gasteiger partial charge in [-0.15, -0.1) is 0 Å². The van der Waals surface area contributed by atoms with Gasteiger partial charge in [-0.1, -0.05) is 23.7 Å². The van der Waals surface area contributed by atoms with Crippen molar-refractivity contribution in [2.75, 3.05) is 13.2 Å². The third-order valence-electron chi connectivity index (χ3n) is 4.12. The molecular weight excluding hydrogens is 301 g/mol. The molecule has 1 aliphatic heterocycles. The molecule has 0 fully saturated rings. The van der Waals surface area contributed by atoms with Gasteiger partial charge in [0.05, 0.1) is 17.7 Å². The van der Waals surface area contributed by atoms with Gasteiger partial charge >= 0.3 is 0 Å². The minimum absolute atomic E-state index is 0.189. The molecule has 3 rings (SSSR count). The summed E-state index contributed by atoms with van der Waals surface area (Å²) in [6.07, 6.45) is 1.52. The molecule has 0 N–H and O–H groups in total. The summed E-state index contributed by atoms with van der Waals surface area (Å²) in [5.74, 6) is 0.491. The number of hydrogen-bond donors (Lipinski definition) is 0. The molecule has 0 bridgehead atoms. The normalized spacial score (nSPS) is 13.3. The van der Waals surface area contributed by atoms with Crippen LogP contribution in [0.15, 0.2) is 42.5 Å². The number of carbonyl (C=O) groups excluding carboxylic acids is 2. The number of ether oxygens (including phenoxy) is 1. The van der Waals surface area contributed by atoms with Crippen LogP contribution in [0.4, 0.5) is 0 Å². The molecule has 2 aromatic rings. The molecule has 4 nitrogen and oxygen atoms in total. The molecule has 0 saturated carbocycles. The molecule has 0 radical (unpaired) electrons. The Morgan fingerprint density at radius 3 is 2.29 bits per heavy atom. The highest BCUT2D eigenvalue weighted by Gasteiger charge is 2.34. The molecule has 1 heterocycles.